The third kappa shape index (κ3) is 2.57. The molecule has 0 radical (unpaired) electrons. The number of rotatable bonds is 5. The first-order valence-corrected chi connectivity index (χ1v) is 8.18. The third-order valence-electron chi connectivity index (χ3n) is 5.18. The topological polar surface area (TPSA) is 49.4 Å². The van der Waals surface area contributed by atoms with Gasteiger partial charge < -0.3 is 10.2 Å². The molecule has 2 aliphatic carbocycles. The quantitative estimate of drug-likeness (QED) is 0.835. The highest BCUT2D eigenvalue weighted by atomic mass is 16.2. The van der Waals surface area contributed by atoms with Crippen LogP contribution in [0.2, 0.25) is 0 Å². The molecular formula is C16H26N2O2. The Kier molecular flexibility index (Phi) is 3.74. The summed E-state index contributed by atoms with van der Waals surface area (Å²) in [6.07, 6.45) is 7.16. The summed E-state index contributed by atoms with van der Waals surface area (Å²) >= 11 is 0. The Morgan fingerprint density at radius 3 is 2.40 bits per heavy atom. The van der Waals surface area contributed by atoms with E-state index in [1.165, 1.54) is 19.3 Å². The molecular weight excluding hydrogens is 252 g/mol. The monoisotopic (exact) mass is 278 g/mol. The molecule has 0 aromatic carbocycles. The van der Waals surface area contributed by atoms with E-state index in [-0.39, 0.29) is 29.8 Å². The van der Waals surface area contributed by atoms with Crippen LogP contribution in [-0.2, 0) is 9.59 Å². The second-order valence-electron chi connectivity index (χ2n) is 7.13. The van der Waals surface area contributed by atoms with Crippen LogP contribution in [-0.4, -0.2) is 35.3 Å². The number of amides is 2. The number of hydrogen-bond acceptors (Lipinski definition) is 2. The van der Waals surface area contributed by atoms with Crippen molar-refractivity contribution >= 4 is 11.8 Å². The van der Waals surface area contributed by atoms with Crippen LogP contribution in [0.25, 0.3) is 0 Å². The second-order valence-corrected chi connectivity index (χ2v) is 7.13. The van der Waals surface area contributed by atoms with E-state index < -0.39 is 0 Å². The number of piperazine rings is 1. The molecule has 2 atom stereocenters. The molecule has 3 aliphatic rings. The molecule has 2 saturated carbocycles. The largest absolute Gasteiger partial charge is 0.342 e. The van der Waals surface area contributed by atoms with Crippen molar-refractivity contribution in [1.29, 1.82) is 0 Å². The van der Waals surface area contributed by atoms with Crippen LogP contribution >= 0.6 is 0 Å². The second kappa shape index (κ2) is 5.38. The number of carbonyl (C=O) groups is 2. The smallest absolute Gasteiger partial charge is 0.246 e. The van der Waals surface area contributed by atoms with Gasteiger partial charge in [-0.15, -0.1) is 0 Å². The average Bonchev–Trinajstić information content (AvgIpc) is 3.14. The molecule has 112 valence electrons. The van der Waals surface area contributed by atoms with Crippen molar-refractivity contribution in [2.75, 3.05) is 6.54 Å². The summed E-state index contributed by atoms with van der Waals surface area (Å²) < 4.78 is 0. The van der Waals surface area contributed by atoms with Crippen LogP contribution in [0.5, 0.6) is 0 Å². The van der Waals surface area contributed by atoms with E-state index in [4.69, 9.17) is 0 Å². The fourth-order valence-electron chi connectivity index (χ4n) is 3.52. The molecule has 0 spiro atoms. The predicted octanol–water partition coefficient (Wildman–Crippen LogP) is 1.94. The summed E-state index contributed by atoms with van der Waals surface area (Å²) in [5.74, 6) is 1.58. The molecule has 0 bridgehead atoms. The Bertz CT molecular complexity index is 399. The predicted molar refractivity (Wildman–Crippen MR) is 77.0 cm³/mol. The van der Waals surface area contributed by atoms with Crippen molar-refractivity contribution in [2.45, 2.75) is 64.5 Å². The minimum Gasteiger partial charge on any atom is -0.342 e. The van der Waals surface area contributed by atoms with Crippen LogP contribution in [0.3, 0.4) is 0 Å². The van der Waals surface area contributed by atoms with Gasteiger partial charge in [-0.05, 0) is 37.0 Å². The van der Waals surface area contributed by atoms with E-state index in [0.29, 0.717) is 5.92 Å². The van der Waals surface area contributed by atoms with Gasteiger partial charge >= 0.3 is 0 Å². The van der Waals surface area contributed by atoms with Gasteiger partial charge in [-0.1, -0.05) is 33.1 Å². The number of nitrogens with zero attached hydrogens (tertiary/aromatic N) is 1. The van der Waals surface area contributed by atoms with Crippen molar-refractivity contribution < 1.29 is 9.59 Å². The number of nitrogens with one attached hydrogen (secondary N) is 1. The van der Waals surface area contributed by atoms with Crippen molar-refractivity contribution in [3.63, 3.8) is 0 Å². The molecule has 1 saturated heterocycles. The standard InChI is InChI=1S/C16H26N2O2/c1-10(2)14-15(19)17-13(12-6-7-12)16(20)18(14)9-8-11-4-3-5-11/h10-14H,3-9H2,1-2H3,(H,17,19). The van der Waals surface area contributed by atoms with Gasteiger partial charge in [0.05, 0.1) is 0 Å². The van der Waals surface area contributed by atoms with Gasteiger partial charge in [-0.25, -0.2) is 0 Å². The Labute approximate surface area is 121 Å². The molecule has 2 unspecified atom stereocenters. The van der Waals surface area contributed by atoms with Crippen LogP contribution in [0.15, 0.2) is 0 Å². The maximum absolute atomic E-state index is 12.7. The first-order chi connectivity index (χ1) is 9.58. The zero-order valence-corrected chi connectivity index (χ0v) is 12.6. The van der Waals surface area contributed by atoms with Crippen LogP contribution in [0.1, 0.15) is 52.4 Å². The first-order valence-electron chi connectivity index (χ1n) is 8.18. The lowest BCUT2D eigenvalue weighted by Gasteiger charge is -2.42. The highest BCUT2D eigenvalue weighted by molar-refractivity contribution is 5.97. The van der Waals surface area contributed by atoms with Gasteiger partial charge in [0.15, 0.2) is 0 Å². The zero-order chi connectivity index (χ0) is 14.3. The van der Waals surface area contributed by atoms with Gasteiger partial charge in [0.25, 0.3) is 0 Å². The molecule has 3 fully saturated rings. The number of hydrogen-bond donors (Lipinski definition) is 1. The van der Waals surface area contributed by atoms with Crippen molar-refractivity contribution in [3.8, 4) is 0 Å². The normalized spacial score (nSPS) is 31.4. The van der Waals surface area contributed by atoms with Gasteiger partial charge in [-0.2, -0.15) is 0 Å². The van der Waals surface area contributed by atoms with Crippen LogP contribution < -0.4 is 5.32 Å². The van der Waals surface area contributed by atoms with Crippen molar-refractivity contribution in [3.05, 3.63) is 0 Å². The summed E-state index contributed by atoms with van der Waals surface area (Å²) in [5.41, 5.74) is 0. The molecule has 20 heavy (non-hydrogen) atoms. The molecule has 4 nitrogen and oxygen atoms in total. The summed E-state index contributed by atoms with van der Waals surface area (Å²) in [7, 11) is 0. The lowest BCUT2D eigenvalue weighted by atomic mass is 9.82. The maximum atomic E-state index is 12.7. The fourth-order valence-corrected chi connectivity index (χ4v) is 3.52. The molecule has 4 heteroatoms. The summed E-state index contributed by atoms with van der Waals surface area (Å²) in [6.45, 7) is 4.83. The maximum Gasteiger partial charge on any atom is 0.246 e. The van der Waals surface area contributed by atoms with Gasteiger partial charge in [-0.3, -0.25) is 9.59 Å². The van der Waals surface area contributed by atoms with Crippen molar-refractivity contribution in [1.82, 2.24) is 10.2 Å². The summed E-state index contributed by atoms with van der Waals surface area (Å²) in [5, 5.41) is 2.97. The first kappa shape index (κ1) is 13.9. The van der Waals surface area contributed by atoms with Gasteiger partial charge in [0.2, 0.25) is 11.8 Å². The van der Waals surface area contributed by atoms with Crippen LogP contribution in [0, 0.1) is 17.8 Å². The van der Waals surface area contributed by atoms with Gasteiger partial charge in [0.1, 0.15) is 12.1 Å². The number of carbonyl (C=O) groups excluding carboxylic acids is 2. The lowest BCUT2D eigenvalue weighted by Crippen LogP contribution is -2.65. The van der Waals surface area contributed by atoms with E-state index >= 15 is 0 Å². The fraction of sp³-hybridized carbons (Fsp3) is 0.875. The summed E-state index contributed by atoms with van der Waals surface area (Å²) in [6, 6.07) is -0.503. The van der Waals surface area contributed by atoms with E-state index in [0.717, 1.165) is 31.7 Å². The SMILES string of the molecule is CC(C)C1C(=O)NC(C2CC2)C(=O)N1CCC1CCC1. The minimum absolute atomic E-state index is 0.0603. The average molecular weight is 278 g/mol. The van der Waals surface area contributed by atoms with Gasteiger partial charge in [0, 0.05) is 6.54 Å². The third-order valence-corrected chi connectivity index (χ3v) is 5.18. The molecule has 1 heterocycles. The van der Waals surface area contributed by atoms with Crippen molar-refractivity contribution in [2.24, 2.45) is 17.8 Å². The zero-order valence-electron chi connectivity index (χ0n) is 12.6. The Balaban J connectivity index is 1.71. The van der Waals surface area contributed by atoms with E-state index in [2.05, 4.69) is 5.32 Å². The van der Waals surface area contributed by atoms with E-state index in [1.807, 2.05) is 18.7 Å². The highest BCUT2D eigenvalue weighted by Crippen LogP contribution is 2.36. The Hall–Kier alpha value is -1.06. The molecule has 3 rings (SSSR count). The molecule has 2 amide bonds. The molecule has 0 aromatic rings. The molecule has 1 aliphatic heterocycles. The molecule has 0 aromatic heterocycles. The Morgan fingerprint density at radius 1 is 1.20 bits per heavy atom. The lowest BCUT2D eigenvalue weighted by molar-refractivity contribution is -0.152. The van der Waals surface area contributed by atoms with Crippen LogP contribution in [0.4, 0.5) is 0 Å². The minimum atomic E-state index is -0.266. The van der Waals surface area contributed by atoms with E-state index in [1.54, 1.807) is 0 Å². The summed E-state index contributed by atoms with van der Waals surface area (Å²) in [4.78, 5) is 26.9. The van der Waals surface area contributed by atoms with E-state index in [9.17, 15) is 9.59 Å². The Morgan fingerprint density at radius 2 is 1.90 bits per heavy atom. The molecule has 1 N–H and O–H groups in total. The highest BCUT2D eigenvalue weighted by Gasteiger charge is 2.47.